The summed E-state index contributed by atoms with van der Waals surface area (Å²) in [6.07, 6.45) is 3.15. The third-order valence-corrected chi connectivity index (χ3v) is 6.44. The second kappa shape index (κ2) is 10.2. The number of ether oxygens (including phenoxy) is 1. The lowest BCUT2D eigenvalue weighted by atomic mass is 10.1. The summed E-state index contributed by atoms with van der Waals surface area (Å²) in [7, 11) is -1.28. The van der Waals surface area contributed by atoms with Crippen molar-refractivity contribution in [2.24, 2.45) is 0 Å². The molecule has 180 valence electrons. The Labute approximate surface area is 200 Å². The molecule has 9 nitrogen and oxygen atoms in total. The third kappa shape index (κ3) is 5.96. The maximum Gasteiger partial charge on any atom is 0.156 e. The first-order valence-electron chi connectivity index (χ1n) is 11.0. The van der Waals surface area contributed by atoms with Gasteiger partial charge in [0.15, 0.2) is 11.6 Å². The van der Waals surface area contributed by atoms with Gasteiger partial charge >= 0.3 is 0 Å². The van der Waals surface area contributed by atoms with Crippen molar-refractivity contribution in [3.63, 3.8) is 0 Å². The zero-order valence-corrected chi connectivity index (χ0v) is 19.9. The molecule has 34 heavy (non-hydrogen) atoms. The van der Waals surface area contributed by atoms with Crippen LogP contribution >= 0.6 is 0 Å². The average Bonchev–Trinajstić information content (AvgIpc) is 3.43. The zero-order valence-electron chi connectivity index (χ0n) is 19.1. The van der Waals surface area contributed by atoms with Gasteiger partial charge in [-0.25, -0.2) is 18.4 Å². The molecule has 5 rings (SSSR count). The number of nitrogens with one attached hydrogen (secondary N) is 1. The van der Waals surface area contributed by atoms with Crippen LogP contribution in [0.3, 0.4) is 0 Å². The van der Waals surface area contributed by atoms with E-state index in [1.54, 1.807) is 4.52 Å². The van der Waals surface area contributed by atoms with Crippen molar-refractivity contribution >= 4 is 33.1 Å². The van der Waals surface area contributed by atoms with Gasteiger partial charge in [-0.1, -0.05) is 30.3 Å². The fourth-order valence-corrected chi connectivity index (χ4v) is 4.75. The van der Waals surface area contributed by atoms with Crippen molar-refractivity contribution in [2.45, 2.75) is 49.6 Å². The lowest BCUT2D eigenvalue weighted by Gasteiger charge is -2.14. The van der Waals surface area contributed by atoms with Gasteiger partial charge in [0.1, 0.15) is 28.9 Å². The number of nitrogen functional groups attached to an aromatic ring is 1. The third-order valence-electron chi connectivity index (χ3n) is 5.33. The maximum absolute atomic E-state index is 12.7. The largest absolute Gasteiger partial charge is 0.382 e. The molecule has 1 aliphatic rings. The topological polar surface area (TPSA) is 135 Å². The molecule has 3 atom stereocenters. The van der Waals surface area contributed by atoms with E-state index in [0.717, 1.165) is 39.7 Å². The lowest BCUT2D eigenvalue weighted by Crippen LogP contribution is -2.28. The van der Waals surface area contributed by atoms with Gasteiger partial charge in [-0.05, 0) is 61.7 Å². The smallest absolute Gasteiger partial charge is 0.156 e. The minimum Gasteiger partial charge on any atom is -0.382 e. The van der Waals surface area contributed by atoms with Crippen LogP contribution in [-0.2, 0) is 15.7 Å². The lowest BCUT2D eigenvalue weighted by molar-refractivity contribution is -0.127. The number of hydrogen-bond acceptors (Lipinski definition) is 7. The fourth-order valence-electron chi connectivity index (χ4n) is 3.82. The van der Waals surface area contributed by atoms with Crippen molar-refractivity contribution in [2.75, 3.05) is 12.3 Å². The standard InChI is InChI=1S/C21H21N5O2S.C3H8O2/c22-21-19-9-8-18(26(19)24-13-23-21)20-10-6-16(28-20)12-25-29(27)17-7-5-14-3-1-2-4-15(14)11-17;1-3(2,4)5/h1-5,7-9,11,13,16,20,25H,6,10,12H2,(H2,22,23,24);4-5H,1-2H3/t16?,20-,29?;/m1./s1. The Hall–Kier alpha value is -2.89. The van der Waals surface area contributed by atoms with E-state index < -0.39 is 16.8 Å². The zero-order chi connectivity index (χ0) is 24.3. The van der Waals surface area contributed by atoms with Crippen molar-refractivity contribution in [1.29, 1.82) is 0 Å². The van der Waals surface area contributed by atoms with E-state index in [1.165, 1.54) is 20.2 Å². The number of benzene rings is 2. The van der Waals surface area contributed by atoms with Crippen LogP contribution in [0.4, 0.5) is 5.82 Å². The molecule has 2 aromatic carbocycles. The Bertz CT molecular complexity index is 1300. The molecular formula is C24H29N5O4S. The second-order valence-corrected chi connectivity index (χ2v) is 9.94. The molecule has 1 saturated heterocycles. The molecule has 4 aromatic rings. The SMILES string of the molecule is CC(C)(O)O.Nc1ncnn2c([C@H]3CCC(CNS(=O)c4ccc5ccccc5c4)O3)ccc12. The molecule has 5 N–H and O–H groups in total. The molecule has 3 heterocycles. The molecule has 0 radical (unpaired) electrons. The van der Waals surface area contributed by atoms with Crippen LogP contribution < -0.4 is 10.5 Å². The van der Waals surface area contributed by atoms with Gasteiger partial charge in [0.2, 0.25) is 0 Å². The van der Waals surface area contributed by atoms with Gasteiger partial charge in [-0.2, -0.15) is 5.10 Å². The Morgan fingerprint density at radius 1 is 1.15 bits per heavy atom. The van der Waals surface area contributed by atoms with Gasteiger partial charge in [-0.15, -0.1) is 0 Å². The normalized spacial score (nSPS) is 19.2. The minimum atomic E-state index is -1.50. The summed E-state index contributed by atoms with van der Waals surface area (Å²) in [5.74, 6) is -1.05. The first-order chi connectivity index (χ1) is 16.2. The number of fused-ring (bicyclic) bond motifs is 2. The Kier molecular flexibility index (Phi) is 7.24. The van der Waals surface area contributed by atoms with E-state index >= 15 is 0 Å². The molecule has 2 unspecified atom stereocenters. The summed E-state index contributed by atoms with van der Waals surface area (Å²) in [6, 6.07) is 17.8. The van der Waals surface area contributed by atoms with E-state index in [1.807, 2.05) is 54.6 Å². The number of hydrogen-bond donors (Lipinski definition) is 4. The van der Waals surface area contributed by atoms with E-state index in [0.29, 0.717) is 12.4 Å². The van der Waals surface area contributed by atoms with Crippen molar-refractivity contribution < 1.29 is 19.2 Å². The Balaban J connectivity index is 0.000000499. The molecule has 10 heteroatoms. The van der Waals surface area contributed by atoms with Gasteiger partial charge in [0.25, 0.3) is 0 Å². The van der Waals surface area contributed by atoms with Gasteiger partial charge in [0, 0.05) is 6.54 Å². The summed E-state index contributed by atoms with van der Waals surface area (Å²) >= 11 is 0. The monoisotopic (exact) mass is 483 g/mol. The second-order valence-electron chi connectivity index (χ2n) is 8.65. The quantitative estimate of drug-likeness (QED) is 0.321. The summed E-state index contributed by atoms with van der Waals surface area (Å²) in [5, 5.41) is 22.7. The summed E-state index contributed by atoms with van der Waals surface area (Å²) in [6.45, 7) is 3.12. The van der Waals surface area contributed by atoms with Gasteiger partial charge in [0.05, 0.1) is 16.7 Å². The number of aliphatic hydroxyl groups is 2. The number of anilines is 1. The highest BCUT2D eigenvalue weighted by Gasteiger charge is 2.29. The van der Waals surface area contributed by atoms with Crippen molar-refractivity contribution in [1.82, 2.24) is 19.3 Å². The molecule has 0 aliphatic carbocycles. The highest BCUT2D eigenvalue weighted by Crippen LogP contribution is 2.33. The molecule has 2 aromatic heterocycles. The molecule has 0 saturated carbocycles. The summed E-state index contributed by atoms with van der Waals surface area (Å²) in [5.41, 5.74) is 7.66. The Morgan fingerprint density at radius 3 is 2.65 bits per heavy atom. The van der Waals surface area contributed by atoms with Crippen LogP contribution in [0.15, 0.2) is 65.8 Å². The van der Waals surface area contributed by atoms with Gasteiger partial charge < -0.3 is 20.7 Å². The highest BCUT2D eigenvalue weighted by atomic mass is 32.2. The van der Waals surface area contributed by atoms with Crippen LogP contribution in [0.1, 0.15) is 38.5 Å². The van der Waals surface area contributed by atoms with E-state index in [-0.39, 0.29) is 12.2 Å². The van der Waals surface area contributed by atoms with Crippen LogP contribution in [0.2, 0.25) is 0 Å². The van der Waals surface area contributed by atoms with E-state index in [4.69, 9.17) is 20.7 Å². The number of aromatic nitrogens is 3. The molecule has 0 amide bonds. The van der Waals surface area contributed by atoms with Crippen LogP contribution in [-0.4, -0.2) is 47.5 Å². The summed E-state index contributed by atoms with van der Waals surface area (Å²) < 4.78 is 23.8. The first kappa shape index (κ1) is 24.2. The highest BCUT2D eigenvalue weighted by molar-refractivity contribution is 7.83. The number of rotatable bonds is 5. The van der Waals surface area contributed by atoms with Crippen LogP contribution in [0, 0.1) is 0 Å². The van der Waals surface area contributed by atoms with E-state index in [9.17, 15) is 4.21 Å². The van der Waals surface area contributed by atoms with Crippen LogP contribution in [0.25, 0.3) is 16.3 Å². The molecule has 0 spiro atoms. The summed E-state index contributed by atoms with van der Waals surface area (Å²) in [4.78, 5) is 4.79. The Morgan fingerprint density at radius 2 is 1.88 bits per heavy atom. The van der Waals surface area contributed by atoms with Crippen molar-refractivity contribution in [3.8, 4) is 0 Å². The van der Waals surface area contributed by atoms with Gasteiger partial charge in [-0.3, -0.25) is 0 Å². The fraction of sp³-hybridized carbons (Fsp3) is 0.333. The number of nitrogens with two attached hydrogens (primary N) is 1. The minimum absolute atomic E-state index is 0.00543. The first-order valence-corrected chi connectivity index (χ1v) is 12.2. The van der Waals surface area contributed by atoms with Crippen molar-refractivity contribution in [3.05, 3.63) is 66.6 Å². The van der Waals surface area contributed by atoms with E-state index in [2.05, 4.69) is 14.8 Å². The molecule has 1 aliphatic heterocycles. The predicted octanol–water partition coefficient (Wildman–Crippen LogP) is 2.70. The molecule has 1 fully saturated rings. The predicted molar refractivity (Wildman–Crippen MR) is 131 cm³/mol. The number of nitrogens with zero attached hydrogens (tertiary/aromatic N) is 3. The molecule has 0 bridgehead atoms. The average molecular weight is 484 g/mol. The molecular weight excluding hydrogens is 454 g/mol. The van der Waals surface area contributed by atoms with Crippen LogP contribution in [0.5, 0.6) is 0 Å². The maximum atomic E-state index is 12.7.